The number of carbonyl (C=O) groups excluding carboxylic acids is 2. The molecule has 0 atom stereocenters. The molecule has 5 nitrogen and oxygen atoms in total. The molecule has 1 N–H and O–H groups in total. The molecule has 1 aliphatic heterocycles. The maximum Gasteiger partial charge on any atom is 0.242 e. The molecule has 1 saturated heterocycles. The second-order valence-electron chi connectivity index (χ2n) is 6.66. The van der Waals surface area contributed by atoms with E-state index >= 15 is 0 Å². The van der Waals surface area contributed by atoms with Gasteiger partial charge in [-0.1, -0.05) is 12.1 Å². The van der Waals surface area contributed by atoms with Gasteiger partial charge in [-0.25, -0.2) is 0 Å². The molecule has 1 aliphatic carbocycles. The summed E-state index contributed by atoms with van der Waals surface area (Å²) in [4.78, 5) is 28.1. The molecule has 124 valence electrons. The Morgan fingerprint density at radius 1 is 1.22 bits per heavy atom. The number of nitrogens with zero attached hydrogens (tertiary/aromatic N) is 2. The van der Waals surface area contributed by atoms with E-state index in [0.717, 1.165) is 24.9 Å². The van der Waals surface area contributed by atoms with Crippen LogP contribution in [-0.2, 0) is 16.1 Å². The van der Waals surface area contributed by atoms with E-state index < -0.39 is 0 Å². The fourth-order valence-corrected chi connectivity index (χ4v) is 2.98. The molecule has 0 aromatic heterocycles. The molecule has 5 heteroatoms. The van der Waals surface area contributed by atoms with E-state index in [1.165, 1.54) is 12.8 Å². The number of phenols is 1. The van der Waals surface area contributed by atoms with Crippen LogP contribution in [-0.4, -0.2) is 46.4 Å². The van der Waals surface area contributed by atoms with Crippen molar-refractivity contribution in [3.8, 4) is 5.75 Å². The van der Waals surface area contributed by atoms with E-state index in [0.29, 0.717) is 25.4 Å². The number of benzene rings is 1. The maximum absolute atomic E-state index is 12.7. The highest BCUT2D eigenvalue weighted by molar-refractivity contribution is 5.85. The van der Waals surface area contributed by atoms with E-state index in [1.54, 1.807) is 17.0 Å². The zero-order chi connectivity index (χ0) is 16.2. The molecule has 2 fully saturated rings. The summed E-state index contributed by atoms with van der Waals surface area (Å²) in [6.07, 6.45) is 4.85. The van der Waals surface area contributed by atoms with Crippen LogP contribution in [0, 0.1) is 5.92 Å². The molecule has 0 spiro atoms. The van der Waals surface area contributed by atoms with Crippen LogP contribution in [0.3, 0.4) is 0 Å². The Balaban J connectivity index is 1.63. The molecule has 23 heavy (non-hydrogen) atoms. The van der Waals surface area contributed by atoms with Crippen LogP contribution in [0.2, 0.25) is 0 Å². The lowest BCUT2D eigenvalue weighted by atomic mass is 10.1. The Hall–Kier alpha value is -2.04. The van der Waals surface area contributed by atoms with Gasteiger partial charge in [0.25, 0.3) is 0 Å². The number of rotatable bonds is 6. The van der Waals surface area contributed by atoms with Gasteiger partial charge in [0, 0.05) is 26.1 Å². The van der Waals surface area contributed by atoms with Crippen molar-refractivity contribution >= 4 is 11.8 Å². The summed E-state index contributed by atoms with van der Waals surface area (Å²) in [5.74, 6) is 0.960. The summed E-state index contributed by atoms with van der Waals surface area (Å²) in [5.41, 5.74) is 1.00. The number of carbonyl (C=O) groups is 2. The van der Waals surface area contributed by atoms with E-state index in [1.807, 2.05) is 17.0 Å². The summed E-state index contributed by atoms with van der Waals surface area (Å²) in [6, 6.07) is 6.97. The van der Waals surface area contributed by atoms with Gasteiger partial charge < -0.3 is 14.9 Å². The van der Waals surface area contributed by atoms with Crippen LogP contribution in [0.1, 0.15) is 37.7 Å². The Bertz CT molecular complexity index is 566. The van der Waals surface area contributed by atoms with Crippen molar-refractivity contribution in [2.45, 2.75) is 38.6 Å². The minimum atomic E-state index is 0.0280. The van der Waals surface area contributed by atoms with Crippen LogP contribution in [0.15, 0.2) is 24.3 Å². The molecule has 3 rings (SSSR count). The fraction of sp³-hybridized carbons (Fsp3) is 0.556. The average Bonchev–Trinajstić information content (AvgIpc) is 3.35. The molecule has 0 bridgehead atoms. The number of hydrogen-bond donors (Lipinski definition) is 1. The lowest BCUT2D eigenvalue weighted by Crippen LogP contribution is -2.45. The van der Waals surface area contributed by atoms with E-state index in [4.69, 9.17) is 0 Å². The molecular formula is C18H24N2O3. The Kier molecular flexibility index (Phi) is 4.84. The van der Waals surface area contributed by atoms with Gasteiger partial charge in [0.15, 0.2) is 0 Å². The molecular weight excluding hydrogens is 292 g/mol. The monoisotopic (exact) mass is 316 g/mol. The first-order valence-corrected chi connectivity index (χ1v) is 8.45. The first kappa shape index (κ1) is 15.8. The van der Waals surface area contributed by atoms with Crippen LogP contribution >= 0.6 is 0 Å². The number of phenolic OH excluding ortho intramolecular Hbond substituents is 1. The first-order chi connectivity index (χ1) is 11.1. The largest absolute Gasteiger partial charge is 0.508 e. The third kappa shape index (κ3) is 4.47. The molecule has 0 unspecified atom stereocenters. The van der Waals surface area contributed by atoms with Crippen LogP contribution < -0.4 is 0 Å². The van der Waals surface area contributed by atoms with Gasteiger partial charge in [0.1, 0.15) is 5.75 Å². The number of piperidine rings is 1. The van der Waals surface area contributed by atoms with E-state index in [9.17, 15) is 14.7 Å². The van der Waals surface area contributed by atoms with Gasteiger partial charge >= 0.3 is 0 Å². The van der Waals surface area contributed by atoms with Crippen molar-refractivity contribution in [3.63, 3.8) is 0 Å². The summed E-state index contributed by atoms with van der Waals surface area (Å²) in [5, 5.41) is 9.38. The molecule has 2 aliphatic rings. The molecule has 1 heterocycles. The van der Waals surface area contributed by atoms with Crippen molar-refractivity contribution in [3.05, 3.63) is 29.8 Å². The van der Waals surface area contributed by atoms with Gasteiger partial charge in [0.2, 0.25) is 11.8 Å². The highest BCUT2D eigenvalue weighted by Crippen LogP contribution is 2.30. The van der Waals surface area contributed by atoms with Crippen LogP contribution in [0.25, 0.3) is 0 Å². The van der Waals surface area contributed by atoms with Gasteiger partial charge in [0.05, 0.1) is 6.54 Å². The van der Waals surface area contributed by atoms with Gasteiger partial charge in [-0.05, 0) is 49.3 Å². The second-order valence-corrected chi connectivity index (χ2v) is 6.66. The number of likely N-dealkylation sites (tertiary alicyclic amines) is 1. The first-order valence-electron chi connectivity index (χ1n) is 8.45. The highest BCUT2D eigenvalue weighted by Gasteiger charge is 2.29. The SMILES string of the molecule is O=C1CCCCN1CC(=O)N(Cc1ccc(O)cc1)CC1CC1. The molecule has 1 saturated carbocycles. The Morgan fingerprint density at radius 3 is 2.61 bits per heavy atom. The van der Waals surface area contributed by atoms with E-state index in [2.05, 4.69) is 0 Å². The molecule has 0 radical (unpaired) electrons. The zero-order valence-corrected chi connectivity index (χ0v) is 13.4. The lowest BCUT2D eigenvalue weighted by molar-refractivity contribution is -0.142. The smallest absolute Gasteiger partial charge is 0.242 e. The highest BCUT2D eigenvalue weighted by atomic mass is 16.3. The third-order valence-corrected chi connectivity index (χ3v) is 4.59. The molecule has 1 aromatic carbocycles. The fourth-order valence-electron chi connectivity index (χ4n) is 2.98. The normalized spacial score (nSPS) is 18.1. The average molecular weight is 316 g/mol. The van der Waals surface area contributed by atoms with Crippen molar-refractivity contribution in [1.29, 1.82) is 0 Å². The summed E-state index contributed by atoms with van der Waals surface area (Å²) in [7, 11) is 0. The Morgan fingerprint density at radius 2 is 1.96 bits per heavy atom. The quantitative estimate of drug-likeness (QED) is 0.875. The lowest BCUT2D eigenvalue weighted by Gasteiger charge is -2.30. The summed E-state index contributed by atoms with van der Waals surface area (Å²) < 4.78 is 0. The summed E-state index contributed by atoms with van der Waals surface area (Å²) in [6.45, 7) is 2.20. The van der Waals surface area contributed by atoms with Crippen LogP contribution in [0.4, 0.5) is 0 Å². The summed E-state index contributed by atoms with van der Waals surface area (Å²) >= 11 is 0. The number of amides is 2. The van der Waals surface area contributed by atoms with Gasteiger partial charge in [-0.3, -0.25) is 9.59 Å². The molecule has 1 aromatic rings. The predicted octanol–water partition coefficient (Wildman–Crippen LogP) is 2.14. The topological polar surface area (TPSA) is 60.9 Å². The van der Waals surface area contributed by atoms with Crippen molar-refractivity contribution in [2.24, 2.45) is 5.92 Å². The van der Waals surface area contributed by atoms with E-state index in [-0.39, 0.29) is 24.1 Å². The standard InChI is InChI=1S/C18H24N2O3/c21-16-8-6-15(7-9-16)12-20(11-14-4-5-14)18(23)13-19-10-2-1-3-17(19)22/h6-9,14,21H,1-5,10-13H2. The predicted molar refractivity (Wildman–Crippen MR) is 86.7 cm³/mol. The second kappa shape index (κ2) is 7.02. The maximum atomic E-state index is 12.7. The third-order valence-electron chi connectivity index (χ3n) is 4.59. The molecule has 2 amide bonds. The van der Waals surface area contributed by atoms with Crippen LogP contribution in [0.5, 0.6) is 5.75 Å². The minimum absolute atomic E-state index is 0.0280. The Labute approximate surface area is 136 Å². The van der Waals surface area contributed by atoms with Crippen molar-refractivity contribution in [2.75, 3.05) is 19.6 Å². The van der Waals surface area contributed by atoms with Crippen molar-refractivity contribution in [1.82, 2.24) is 9.80 Å². The van der Waals surface area contributed by atoms with Crippen molar-refractivity contribution < 1.29 is 14.7 Å². The zero-order valence-electron chi connectivity index (χ0n) is 13.4. The number of aromatic hydroxyl groups is 1. The minimum Gasteiger partial charge on any atom is -0.508 e. The van der Waals surface area contributed by atoms with Gasteiger partial charge in [-0.15, -0.1) is 0 Å². The number of hydrogen-bond acceptors (Lipinski definition) is 3. The van der Waals surface area contributed by atoms with Gasteiger partial charge in [-0.2, -0.15) is 0 Å².